The number of nitrogens with one attached hydrogen (secondary N) is 1. The van der Waals surface area contributed by atoms with Gasteiger partial charge in [0, 0.05) is 12.7 Å². The van der Waals surface area contributed by atoms with Crippen molar-refractivity contribution in [3.8, 4) is 0 Å². The molecule has 2 rings (SSSR count). The van der Waals surface area contributed by atoms with Crippen molar-refractivity contribution >= 4 is 0 Å². The number of ether oxygens (including phenoxy) is 1. The van der Waals surface area contributed by atoms with Gasteiger partial charge < -0.3 is 4.74 Å². The highest BCUT2D eigenvalue weighted by molar-refractivity contribution is 5.22. The Morgan fingerprint density at radius 2 is 1.95 bits per heavy atom. The number of hydrazine groups is 1. The Bertz CT molecular complexity index is 393. The van der Waals surface area contributed by atoms with E-state index < -0.39 is 0 Å². The Labute approximate surface area is 114 Å². The van der Waals surface area contributed by atoms with Crippen LogP contribution < -0.4 is 11.3 Å². The van der Waals surface area contributed by atoms with E-state index in [1.807, 2.05) is 6.07 Å². The molecule has 0 aromatic heterocycles. The van der Waals surface area contributed by atoms with Gasteiger partial charge in [-0.15, -0.1) is 0 Å². The molecule has 0 aliphatic heterocycles. The van der Waals surface area contributed by atoms with Gasteiger partial charge in [0.05, 0.1) is 12.1 Å². The van der Waals surface area contributed by atoms with E-state index in [1.165, 1.54) is 25.3 Å². The normalized spacial score (nSPS) is 20.2. The molecule has 19 heavy (non-hydrogen) atoms. The Hall–Kier alpha value is -0.970. The molecular formula is C15H23FN2O. The molecule has 106 valence electrons. The molecule has 0 spiro atoms. The number of hydrogen-bond acceptors (Lipinski definition) is 3. The topological polar surface area (TPSA) is 47.3 Å². The van der Waals surface area contributed by atoms with Crippen LogP contribution in [0.4, 0.5) is 4.39 Å². The molecule has 1 aromatic carbocycles. The summed E-state index contributed by atoms with van der Waals surface area (Å²) < 4.78 is 19.6. The summed E-state index contributed by atoms with van der Waals surface area (Å²) in [5.41, 5.74) is 3.33. The molecule has 0 saturated heterocycles. The van der Waals surface area contributed by atoms with Gasteiger partial charge in [0.25, 0.3) is 0 Å². The van der Waals surface area contributed by atoms with Gasteiger partial charge in [0.1, 0.15) is 5.82 Å². The van der Waals surface area contributed by atoms with Crippen LogP contribution in [-0.2, 0) is 4.74 Å². The summed E-state index contributed by atoms with van der Waals surface area (Å²) in [6.07, 6.45) is 5.91. The molecule has 0 heterocycles. The van der Waals surface area contributed by atoms with E-state index in [0.29, 0.717) is 11.5 Å². The smallest absolute Gasteiger partial charge is 0.128 e. The zero-order valence-corrected chi connectivity index (χ0v) is 11.4. The maximum atomic E-state index is 13.9. The van der Waals surface area contributed by atoms with Crippen molar-refractivity contribution in [1.82, 2.24) is 5.43 Å². The van der Waals surface area contributed by atoms with Gasteiger partial charge in [0.2, 0.25) is 0 Å². The molecule has 1 aliphatic rings. The first-order chi connectivity index (χ1) is 9.27. The van der Waals surface area contributed by atoms with E-state index in [4.69, 9.17) is 10.6 Å². The third kappa shape index (κ3) is 3.32. The third-order valence-electron chi connectivity index (χ3n) is 4.13. The summed E-state index contributed by atoms with van der Waals surface area (Å²) in [4.78, 5) is 0. The van der Waals surface area contributed by atoms with Crippen LogP contribution in [0.2, 0.25) is 0 Å². The molecule has 1 aromatic rings. The van der Waals surface area contributed by atoms with Crippen molar-refractivity contribution in [3.63, 3.8) is 0 Å². The lowest BCUT2D eigenvalue weighted by Crippen LogP contribution is -2.42. The highest BCUT2D eigenvalue weighted by Gasteiger charge is 2.32. The van der Waals surface area contributed by atoms with Crippen LogP contribution in [0.1, 0.15) is 43.7 Å². The SMILES string of the molecule is COC(C1CCCCC1)C(NN)c1ccccc1F. The zero-order chi connectivity index (χ0) is 13.7. The molecule has 2 unspecified atom stereocenters. The number of methoxy groups -OCH3 is 1. The van der Waals surface area contributed by atoms with E-state index >= 15 is 0 Å². The molecule has 0 bridgehead atoms. The summed E-state index contributed by atoms with van der Waals surface area (Å²) in [5, 5.41) is 0. The second-order valence-corrected chi connectivity index (χ2v) is 5.26. The molecule has 0 radical (unpaired) electrons. The lowest BCUT2D eigenvalue weighted by Gasteiger charge is -2.34. The summed E-state index contributed by atoms with van der Waals surface area (Å²) in [5.74, 6) is 5.87. The Kier molecular flexibility index (Phi) is 5.31. The maximum Gasteiger partial charge on any atom is 0.128 e. The summed E-state index contributed by atoms with van der Waals surface area (Å²) in [7, 11) is 1.68. The van der Waals surface area contributed by atoms with Gasteiger partial charge in [-0.25, -0.2) is 4.39 Å². The molecular weight excluding hydrogens is 243 g/mol. The summed E-state index contributed by atoms with van der Waals surface area (Å²) in [6.45, 7) is 0. The molecule has 1 saturated carbocycles. The highest BCUT2D eigenvalue weighted by atomic mass is 19.1. The highest BCUT2D eigenvalue weighted by Crippen LogP contribution is 2.34. The average Bonchev–Trinajstić information content (AvgIpc) is 2.46. The van der Waals surface area contributed by atoms with Crippen molar-refractivity contribution in [2.45, 2.75) is 44.2 Å². The average molecular weight is 266 g/mol. The first-order valence-corrected chi connectivity index (χ1v) is 7.01. The molecule has 0 amide bonds. The van der Waals surface area contributed by atoms with Gasteiger partial charge in [0.15, 0.2) is 0 Å². The number of rotatable bonds is 5. The second kappa shape index (κ2) is 6.98. The van der Waals surface area contributed by atoms with Crippen molar-refractivity contribution in [3.05, 3.63) is 35.6 Å². The van der Waals surface area contributed by atoms with Crippen LogP contribution in [0.5, 0.6) is 0 Å². The first kappa shape index (κ1) is 14.4. The standard InChI is InChI=1S/C15H23FN2O/c1-19-15(11-7-3-2-4-8-11)14(18-17)12-9-5-6-10-13(12)16/h5-6,9-11,14-15,18H,2-4,7-8,17H2,1H3. The minimum Gasteiger partial charge on any atom is -0.379 e. The number of hydrogen-bond donors (Lipinski definition) is 2. The molecule has 3 nitrogen and oxygen atoms in total. The van der Waals surface area contributed by atoms with Gasteiger partial charge in [-0.3, -0.25) is 11.3 Å². The predicted octanol–water partition coefficient (Wildman–Crippen LogP) is 2.93. The van der Waals surface area contributed by atoms with Crippen LogP contribution in [-0.4, -0.2) is 13.2 Å². The molecule has 4 heteroatoms. The van der Waals surface area contributed by atoms with Gasteiger partial charge in [-0.05, 0) is 24.8 Å². The predicted molar refractivity (Wildman–Crippen MR) is 73.8 cm³/mol. The van der Waals surface area contributed by atoms with Crippen molar-refractivity contribution in [2.75, 3.05) is 7.11 Å². The number of nitrogens with two attached hydrogens (primary N) is 1. The third-order valence-corrected chi connectivity index (χ3v) is 4.13. The lowest BCUT2D eigenvalue weighted by atomic mass is 9.81. The van der Waals surface area contributed by atoms with Crippen LogP contribution >= 0.6 is 0 Å². The van der Waals surface area contributed by atoms with Crippen LogP contribution in [0.15, 0.2) is 24.3 Å². The largest absolute Gasteiger partial charge is 0.379 e. The summed E-state index contributed by atoms with van der Waals surface area (Å²) >= 11 is 0. The van der Waals surface area contributed by atoms with Gasteiger partial charge in [-0.1, -0.05) is 37.5 Å². The molecule has 1 fully saturated rings. The molecule has 2 atom stereocenters. The van der Waals surface area contributed by atoms with E-state index in [9.17, 15) is 4.39 Å². The molecule has 1 aliphatic carbocycles. The minimum absolute atomic E-state index is 0.0813. The number of halogens is 1. The number of benzene rings is 1. The fourth-order valence-electron chi connectivity index (χ4n) is 3.15. The quantitative estimate of drug-likeness (QED) is 0.636. The first-order valence-electron chi connectivity index (χ1n) is 7.01. The van der Waals surface area contributed by atoms with E-state index in [1.54, 1.807) is 19.2 Å². The van der Waals surface area contributed by atoms with E-state index in [0.717, 1.165) is 12.8 Å². The van der Waals surface area contributed by atoms with Crippen LogP contribution in [0, 0.1) is 11.7 Å². The summed E-state index contributed by atoms with van der Waals surface area (Å²) in [6, 6.07) is 6.46. The van der Waals surface area contributed by atoms with Crippen LogP contribution in [0.3, 0.4) is 0 Å². The van der Waals surface area contributed by atoms with Gasteiger partial charge >= 0.3 is 0 Å². The minimum atomic E-state index is -0.297. The van der Waals surface area contributed by atoms with E-state index in [2.05, 4.69) is 5.43 Å². The fourth-order valence-corrected chi connectivity index (χ4v) is 3.15. The zero-order valence-electron chi connectivity index (χ0n) is 11.4. The van der Waals surface area contributed by atoms with Crippen molar-refractivity contribution < 1.29 is 9.13 Å². The Balaban J connectivity index is 2.20. The van der Waals surface area contributed by atoms with Crippen LogP contribution in [0.25, 0.3) is 0 Å². The van der Waals surface area contributed by atoms with Crippen molar-refractivity contribution in [1.29, 1.82) is 0 Å². The molecule has 3 N–H and O–H groups in total. The fraction of sp³-hybridized carbons (Fsp3) is 0.600. The Morgan fingerprint density at radius 3 is 2.53 bits per heavy atom. The van der Waals surface area contributed by atoms with Crippen molar-refractivity contribution in [2.24, 2.45) is 11.8 Å². The Morgan fingerprint density at radius 1 is 1.26 bits per heavy atom. The van der Waals surface area contributed by atoms with E-state index in [-0.39, 0.29) is 18.0 Å². The van der Waals surface area contributed by atoms with Gasteiger partial charge in [-0.2, -0.15) is 0 Å². The maximum absolute atomic E-state index is 13.9. The lowest BCUT2D eigenvalue weighted by molar-refractivity contribution is 0.00665. The monoisotopic (exact) mass is 266 g/mol. The second-order valence-electron chi connectivity index (χ2n) is 5.26.